The maximum atomic E-state index is 12.3. The van der Waals surface area contributed by atoms with Crippen LogP contribution in [0, 0.1) is 12.3 Å². The molecule has 0 unspecified atom stereocenters. The van der Waals surface area contributed by atoms with E-state index < -0.39 is 17.9 Å². The summed E-state index contributed by atoms with van der Waals surface area (Å²) in [6.45, 7) is 0. The van der Waals surface area contributed by atoms with Crippen molar-refractivity contribution in [2.75, 3.05) is 5.73 Å². The third-order valence-corrected chi connectivity index (χ3v) is 4.89. The molecule has 0 aliphatic heterocycles. The molecule has 8 nitrogen and oxygen atoms in total. The Balaban J connectivity index is 1.63. The number of hydrogen-bond donors (Lipinski definition) is 4. The molecule has 0 aliphatic carbocycles. The Bertz CT molecular complexity index is 1210. The molecule has 1 aromatic heterocycles. The number of anilines is 1. The highest BCUT2D eigenvalue weighted by molar-refractivity contribution is 5.96. The van der Waals surface area contributed by atoms with E-state index >= 15 is 0 Å². The summed E-state index contributed by atoms with van der Waals surface area (Å²) in [5.41, 5.74) is 8.18. The minimum atomic E-state index is -1.12. The van der Waals surface area contributed by atoms with Gasteiger partial charge in [-0.25, -0.2) is 9.78 Å². The van der Waals surface area contributed by atoms with E-state index in [0.29, 0.717) is 29.3 Å². The minimum absolute atomic E-state index is 0.0834. The Morgan fingerprint density at radius 1 is 1.16 bits per heavy atom. The Morgan fingerprint density at radius 3 is 2.52 bits per heavy atom. The van der Waals surface area contributed by atoms with E-state index in [9.17, 15) is 19.5 Å². The lowest BCUT2D eigenvalue weighted by Gasteiger charge is -2.13. The lowest BCUT2D eigenvalue weighted by molar-refractivity contribution is -0.139. The van der Waals surface area contributed by atoms with Gasteiger partial charge >= 0.3 is 5.97 Å². The second kappa shape index (κ2) is 9.59. The summed E-state index contributed by atoms with van der Waals surface area (Å²) < 4.78 is 0. The molecule has 0 spiro atoms. The second-order valence-electron chi connectivity index (χ2n) is 7.11. The van der Waals surface area contributed by atoms with Crippen LogP contribution in [0.3, 0.4) is 0 Å². The Morgan fingerprint density at radius 2 is 1.84 bits per heavy atom. The zero-order chi connectivity index (χ0) is 22.4. The van der Waals surface area contributed by atoms with Gasteiger partial charge in [0.2, 0.25) is 5.95 Å². The van der Waals surface area contributed by atoms with Crippen LogP contribution in [0.4, 0.5) is 5.95 Å². The maximum absolute atomic E-state index is 12.3. The van der Waals surface area contributed by atoms with Crippen LogP contribution >= 0.6 is 0 Å². The monoisotopic (exact) mass is 418 g/mol. The van der Waals surface area contributed by atoms with Crippen molar-refractivity contribution >= 4 is 28.7 Å². The zero-order valence-corrected chi connectivity index (χ0v) is 16.7. The first-order valence-corrected chi connectivity index (χ1v) is 9.72. The van der Waals surface area contributed by atoms with E-state index in [0.717, 1.165) is 11.1 Å². The number of amides is 1. The molecule has 1 atom stereocenters. The van der Waals surface area contributed by atoms with Crippen LogP contribution in [0.1, 0.15) is 34.3 Å². The molecule has 0 radical (unpaired) electrons. The van der Waals surface area contributed by atoms with E-state index in [2.05, 4.69) is 21.2 Å². The van der Waals surface area contributed by atoms with Gasteiger partial charge in [0, 0.05) is 12.0 Å². The van der Waals surface area contributed by atoms with Gasteiger partial charge in [0.15, 0.2) is 0 Å². The van der Waals surface area contributed by atoms with Crippen LogP contribution in [0.15, 0.2) is 47.3 Å². The van der Waals surface area contributed by atoms with Gasteiger partial charge in [-0.15, -0.1) is 12.3 Å². The second-order valence-corrected chi connectivity index (χ2v) is 7.11. The smallest absolute Gasteiger partial charge is 0.326 e. The molecule has 8 heteroatoms. The van der Waals surface area contributed by atoms with E-state index in [1.54, 1.807) is 24.3 Å². The first-order chi connectivity index (χ1) is 14.9. The fourth-order valence-electron chi connectivity index (χ4n) is 3.20. The van der Waals surface area contributed by atoms with Crippen LogP contribution in [-0.2, 0) is 17.6 Å². The predicted molar refractivity (Wildman–Crippen MR) is 118 cm³/mol. The van der Waals surface area contributed by atoms with Crippen molar-refractivity contribution in [2.45, 2.75) is 31.7 Å². The number of benzene rings is 2. The number of nitrogens with two attached hydrogens (primary N) is 1. The molecule has 0 saturated heterocycles. The summed E-state index contributed by atoms with van der Waals surface area (Å²) in [5, 5.41) is 12.2. The number of aromatic amines is 1. The number of rotatable bonds is 8. The molecule has 0 aliphatic rings. The van der Waals surface area contributed by atoms with Gasteiger partial charge in [-0.3, -0.25) is 14.6 Å². The summed E-state index contributed by atoms with van der Waals surface area (Å²) in [7, 11) is 0. The molecular weight excluding hydrogens is 396 g/mol. The molecule has 2 aromatic carbocycles. The van der Waals surface area contributed by atoms with Crippen LogP contribution in [0.2, 0.25) is 0 Å². The van der Waals surface area contributed by atoms with Gasteiger partial charge in [-0.05, 0) is 54.7 Å². The molecule has 31 heavy (non-hydrogen) atoms. The van der Waals surface area contributed by atoms with Crippen molar-refractivity contribution in [1.82, 2.24) is 15.3 Å². The number of carboxylic acid groups (broad SMARTS) is 1. The number of fused-ring (bicyclic) bond motifs is 1. The predicted octanol–water partition coefficient (Wildman–Crippen LogP) is 1.89. The van der Waals surface area contributed by atoms with Crippen LogP contribution in [-0.4, -0.2) is 33.0 Å². The van der Waals surface area contributed by atoms with Gasteiger partial charge in [0.25, 0.3) is 11.5 Å². The Labute approximate surface area is 178 Å². The third kappa shape index (κ3) is 5.48. The summed E-state index contributed by atoms with van der Waals surface area (Å²) in [6.07, 6.45) is 7.00. The number of carbonyl (C=O) groups is 2. The molecule has 1 amide bonds. The van der Waals surface area contributed by atoms with E-state index in [-0.39, 0.29) is 24.3 Å². The van der Waals surface area contributed by atoms with Crippen LogP contribution < -0.4 is 16.6 Å². The summed E-state index contributed by atoms with van der Waals surface area (Å²) in [6, 6.07) is 11.4. The van der Waals surface area contributed by atoms with Crippen LogP contribution in [0.25, 0.3) is 10.9 Å². The average molecular weight is 418 g/mol. The van der Waals surface area contributed by atoms with Crippen LogP contribution in [0.5, 0.6) is 0 Å². The normalized spacial score (nSPS) is 11.6. The number of terminal acetylenes is 1. The van der Waals surface area contributed by atoms with Gasteiger partial charge in [-0.2, -0.15) is 0 Å². The van der Waals surface area contributed by atoms with Gasteiger partial charge in [-0.1, -0.05) is 18.2 Å². The number of nitrogen functional groups attached to an aromatic ring is 1. The number of carbonyl (C=O) groups excluding carboxylic acids is 1. The van der Waals surface area contributed by atoms with Crippen molar-refractivity contribution in [1.29, 1.82) is 0 Å². The fourth-order valence-corrected chi connectivity index (χ4v) is 3.20. The molecule has 158 valence electrons. The third-order valence-electron chi connectivity index (χ3n) is 4.89. The number of aryl methyl sites for hydroxylation is 2. The standard InChI is InChI=1S/C23H22N4O4/c1-2-3-4-19(22(30)31)25-20(28)16-10-7-14(8-11-16)5-6-15-9-12-18-17(13-15)21(29)27-23(24)26-18/h1,7-13,19H,3-6H2,(H,25,28)(H,30,31)(H3,24,26,27,29)/t19-/m0/s1. The topological polar surface area (TPSA) is 138 Å². The molecule has 3 rings (SSSR count). The number of hydrogen-bond acceptors (Lipinski definition) is 5. The van der Waals surface area contributed by atoms with Gasteiger partial charge in [0.1, 0.15) is 6.04 Å². The van der Waals surface area contributed by atoms with Crippen molar-refractivity contribution in [2.24, 2.45) is 0 Å². The van der Waals surface area contributed by atoms with E-state index in [1.807, 2.05) is 18.2 Å². The molecule has 3 aromatic rings. The molecule has 5 N–H and O–H groups in total. The van der Waals surface area contributed by atoms with Crippen molar-refractivity contribution < 1.29 is 14.7 Å². The van der Waals surface area contributed by atoms with Crippen molar-refractivity contribution in [3.05, 3.63) is 69.5 Å². The first kappa shape index (κ1) is 21.6. The molecule has 0 saturated carbocycles. The highest BCUT2D eigenvalue weighted by Gasteiger charge is 2.19. The number of nitrogens with zero attached hydrogens (tertiary/aromatic N) is 1. The largest absolute Gasteiger partial charge is 0.480 e. The maximum Gasteiger partial charge on any atom is 0.326 e. The highest BCUT2D eigenvalue weighted by Crippen LogP contribution is 2.14. The van der Waals surface area contributed by atoms with E-state index in [1.165, 1.54) is 0 Å². The molecular formula is C23H22N4O4. The summed E-state index contributed by atoms with van der Waals surface area (Å²) >= 11 is 0. The number of carboxylic acids is 1. The molecule has 0 bridgehead atoms. The van der Waals surface area contributed by atoms with Gasteiger partial charge < -0.3 is 16.2 Å². The van der Waals surface area contributed by atoms with Crippen molar-refractivity contribution in [3.8, 4) is 12.3 Å². The summed E-state index contributed by atoms with van der Waals surface area (Å²) in [4.78, 5) is 42.2. The van der Waals surface area contributed by atoms with Crippen molar-refractivity contribution in [3.63, 3.8) is 0 Å². The minimum Gasteiger partial charge on any atom is -0.480 e. The fraction of sp³-hybridized carbons (Fsp3) is 0.217. The van der Waals surface area contributed by atoms with Gasteiger partial charge in [0.05, 0.1) is 10.9 Å². The SMILES string of the molecule is C#CCC[C@H](NC(=O)c1ccc(CCc2ccc3nc(N)[nH]c(=O)c3c2)cc1)C(=O)O. The number of aromatic nitrogens is 2. The number of aliphatic carboxylic acids is 1. The number of H-pyrrole nitrogens is 1. The number of nitrogens with one attached hydrogen (secondary N) is 2. The average Bonchev–Trinajstić information content (AvgIpc) is 2.75. The first-order valence-electron chi connectivity index (χ1n) is 9.72. The molecule has 0 fully saturated rings. The Hall–Kier alpha value is -4.12. The highest BCUT2D eigenvalue weighted by atomic mass is 16.4. The van der Waals surface area contributed by atoms with E-state index in [4.69, 9.17) is 12.2 Å². The zero-order valence-electron chi connectivity index (χ0n) is 16.7. The lowest BCUT2D eigenvalue weighted by atomic mass is 10.0. The lowest BCUT2D eigenvalue weighted by Crippen LogP contribution is -2.40. The summed E-state index contributed by atoms with van der Waals surface area (Å²) in [5.74, 6) is 0.877. The quantitative estimate of drug-likeness (QED) is 0.412. The molecule has 1 heterocycles. The Kier molecular flexibility index (Phi) is 6.67.